The molecule has 0 radical (unpaired) electrons. The van der Waals surface area contributed by atoms with Crippen molar-refractivity contribution in [1.29, 1.82) is 0 Å². The molecule has 0 unspecified atom stereocenters. The second kappa shape index (κ2) is 6.43. The summed E-state index contributed by atoms with van der Waals surface area (Å²) in [5.41, 5.74) is 4.67. The monoisotopic (exact) mass is 199 g/mol. The summed E-state index contributed by atoms with van der Waals surface area (Å²) in [6.07, 6.45) is 2.55. The summed E-state index contributed by atoms with van der Waals surface area (Å²) in [6, 6.07) is 0. The molecular formula is C10H21N3O. The Morgan fingerprint density at radius 2 is 2.14 bits per heavy atom. The highest BCUT2D eigenvalue weighted by atomic mass is 16.5. The van der Waals surface area contributed by atoms with Crippen LogP contribution in [0.1, 0.15) is 34.1 Å². The van der Waals surface area contributed by atoms with Crippen LogP contribution in [-0.4, -0.2) is 23.5 Å². The van der Waals surface area contributed by atoms with E-state index in [1.807, 2.05) is 13.8 Å². The normalized spacial score (nSPS) is 13.4. The first-order valence-electron chi connectivity index (χ1n) is 4.85. The van der Waals surface area contributed by atoms with Crippen molar-refractivity contribution in [3.63, 3.8) is 0 Å². The Morgan fingerprint density at radius 1 is 1.57 bits per heavy atom. The maximum absolute atomic E-state index is 9.29. The van der Waals surface area contributed by atoms with E-state index < -0.39 is 0 Å². The van der Waals surface area contributed by atoms with Gasteiger partial charge >= 0.3 is 0 Å². The van der Waals surface area contributed by atoms with E-state index in [0.29, 0.717) is 5.92 Å². The number of nitrogens with zero attached hydrogens (tertiary/aromatic N) is 2. The highest BCUT2D eigenvalue weighted by Gasteiger charge is 2.07. The molecule has 0 aromatic rings. The second-order valence-corrected chi connectivity index (χ2v) is 3.68. The first-order valence-corrected chi connectivity index (χ1v) is 4.85. The lowest BCUT2D eigenvalue weighted by Crippen LogP contribution is -2.19. The maximum atomic E-state index is 9.29. The van der Waals surface area contributed by atoms with Crippen molar-refractivity contribution in [2.24, 2.45) is 11.0 Å². The Kier molecular flexibility index (Phi) is 5.95. The average molecular weight is 199 g/mol. The Balaban J connectivity index is 4.60. The van der Waals surface area contributed by atoms with Gasteiger partial charge in [-0.05, 0) is 26.2 Å². The lowest BCUT2D eigenvalue weighted by molar-refractivity contribution is -0.0297. The van der Waals surface area contributed by atoms with Crippen LogP contribution < -0.4 is 5.43 Å². The van der Waals surface area contributed by atoms with Crippen molar-refractivity contribution in [3.05, 3.63) is 11.4 Å². The minimum Gasteiger partial charge on any atom is -0.289 e. The molecule has 2 N–H and O–H groups in total. The summed E-state index contributed by atoms with van der Waals surface area (Å²) in [7, 11) is 1.60. The van der Waals surface area contributed by atoms with E-state index in [4.69, 9.17) is 0 Å². The fourth-order valence-corrected chi connectivity index (χ4v) is 1.02. The molecule has 4 nitrogen and oxygen atoms in total. The standard InChI is InChI=1S/C10H21N3O/c1-6-11-12-10(7-8(2)3)9(4)13(5)14/h6,8,12,14H,7H2,1-5H3/b10-9-,11-6-. The number of rotatable bonds is 5. The van der Waals surface area contributed by atoms with Crippen LogP contribution in [0.2, 0.25) is 0 Å². The third kappa shape index (κ3) is 4.87. The van der Waals surface area contributed by atoms with E-state index in [1.54, 1.807) is 13.3 Å². The minimum atomic E-state index is 0.527. The van der Waals surface area contributed by atoms with Gasteiger partial charge in [0.2, 0.25) is 0 Å². The van der Waals surface area contributed by atoms with Crippen LogP contribution in [0, 0.1) is 5.92 Å². The SMILES string of the molecule is C/C=N\N/C(CC(C)C)=C(/C)N(C)O. The predicted octanol–water partition coefficient (Wildman–Crippen LogP) is 2.18. The van der Waals surface area contributed by atoms with Gasteiger partial charge in [0, 0.05) is 13.3 Å². The Bertz CT molecular complexity index is 219. The van der Waals surface area contributed by atoms with Gasteiger partial charge in [-0.15, -0.1) is 0 Å². The van der Waals surface area contributed by atoms with E-state index in [-0.39, 0.29) is 0 Å². The lowest BCUT2D eigenvalue weighted by Gasteiger charge is -2.18. The van der Waals surface area contributed by atoms with Crippen molar-refractivity contribution < 1.29 is 5.21 Å². The van der Waals surface area contributed by atoms with E-state index in [1.165, 1.54) is 0 Å². The quantitative estimate of drug-likeness (QED) is 0.527. The van der Waals surface area contributed by atoms with Gasteiger partial charge in [-0.2, -0.15) is 5.10 Å². The molecule has 0 heterocycles. The van der Waals surface area contributed by atoms with Gasteiger partial charge in [0.05, 0.1) is 11.4 Å². The van der Waals surface area contributed by atoms with Crippen molar-refractivity contribution in [2.75, 3.05) is 7.05 Å². The van der Waals surface area contributed by atoms with Crippen LogP contribution in [0.15, 0.2) is 16.5 Å². The van der Waals surface area contributed by atoms with E-state index in [2.05, 4.69) is 24.4 Å². The summed E-state index contributed by atoms with van der Waals surface area (Å²) in [5, 5.41) is 14.4. The molecule has 0 spiro atoms. The highest BCUT2D eigenvalue weighted by Crippen LogP contribution is 2.13. The molecule has 0 aliphatic carbocycles. The molecule has 0 amide bonds. The van der Waals surface area contributed by atoms with Gasteiger partial charge < -0.3 is 0 Å². The molecule has 0 aliphatic rings. The third-order valence-electron chi connectivity index (χ3n) is 1.86. The number of hydrogen-bond donors (Lipinski definition) is 2. The van der Waals surface area contributed by atoms with Crippen LogP contribution in [0.4, 0.5) is 0 Å². The van der Waals surface area contributed by atoms with Gasteiger partial charge in [0.1, 0.15) is 0 Å². The number of nitrogens with one attached hydrogen (secondary N) is 1. The zero-order valence-electron chi connectivity index (χ0n) is 9.70. The molecule has 0 atom stereocenters. The predicted molar refractivity (Wildman–Crippen MR) is 59.0 cm³/mol. The summed E-state index contributed by atoms with van der Waals surface area (Å²) in [5.74, 6) is 0.527. The molecule has 0 aromatic carbocycles. The van der Waals surface area contributed by atoms with Gasteiger partial charge in [-0.1, -0.05) is 13.8 Å². The van der Waals surface area contributed by atoms with Gasteiger partial charge in [-0.3, -0.25) is 15.7 Å². The van der Waals surface area contributed by atoms with Crippen LogP contribution in [-0.2, 0) is 0 Å². The fraction of sp³-hybridized carbons (Fsp3) is 0.700. The Hall–Kier alpha value is -1.03. The van der Waals surface area contributed by atoms with E-state index in [9.17, 15) is 5.21 Å². The molecule has 14 heavy (non-hydrogen) atoms. The molecule has 0 saturated carbocycles. The van der Waals surface area contributed by atoms with Gasteiger partial charge in [0.25, 0.3) is 0 Å². The van der Waals surface area contributed by atoms with Crippen LogP contribution in [0.25, 0.3) is 0 Å². The summed E-state index contributed by atoms with van der Waals surface area (Å²) >= 11 is 0. The third-order valence-corrected chi connectivity index (χ3v) is 1.86. The van der Waals surface area contributed by atoms with Crippen LogP contribution in [0.5, 0.6) is 0 Å². The van der Waals surface area contributed by atoms with Gasteiger partial charge in [-0.25, -0.2) is 0 Å². The van der Waals surface area contributed by atoms with Crippen molar-refractivity contribution >= 4 is 6.21 Å². The largest absolute Gasteiger partial charge is 0.289 e. The molecule has 0 bridgehead atoms. The Morgan fingerprint density at radius 3 is 2.50 bits per heavy atom. The average Bonchev–Trinajstić information content (AvgIpc) is 2.10. The molecule has 0 rings (SSSR count). The van der Waals surface area contributed by atoms with Crippen molar-refractivity contribution in [1.82, 2.24) is 10.5 Å². The minimum absolute atomic E-state index is 0.527. The van der Waals surface area contributed by atoms with Gasteiger partial charge in [0.15, 0.2) is 0 Å². The topological polar surface area (TPSA) is 47.9 Å². The van der Waals surface area contributed by atoms with Crippen molar-refractivity contribution in [2.45, 2.75) is 34.1 Å². The first-order chi connectivity index (χ1) is 6.49. The highest BCUT2D eigenvalue weighted by molar-refractivity contribution is 5.52. The maximum Gasteiger partial charge on any atom is 0.0582 e. The number of allylic oxidation sites excluding steroid dienone is 2. The second-order valence-electron chi connectivity index (χ2n) is 3.68. The summed E-state index contributed by atoms with van der Waals surface area (Å²) in [4.78, 5) is 0. The van der Waals surface area contributed by atoms with Crippen molar-refractivity contribution in [3.8, 4) is 0 Å². The molecule has 82 valence electrons. The summed E-state index contributed by atoms with van der Waals surface area (Å²) in [6.45, 7) is 7.96. The summed E-state index contributed by atoms with van der Waals surface area (Å²) < 4.78 is 0. The smallest absolute Gasteiger partial charge is 0.0582 e. The first kappa shape index (κ1) is 13.0. The number of hydrazone groups is 1. The zero-order chi connectivity index (χ0) is 11.1. The van der Waals surface area contributed by atoms with Crippen LogP contribution in [0.3, 0.4) is 0 Å². The van der Waals surface area contributed by atoms with E-state index >= 15 is 0 Å². The van der Waals surface area contributed by atoms with Crippen LogP contribution >= 0.6 is 0 Å². The molecule has 0 saturated heterocycles. The zero-order valence-corrected chi connectivity index (χ0v) is 9.70. The number of hydrogen-bond acceptors (Lipinski definition) is 4. The number of hydroxylamine groups is 2. The van der Waals surface area contributed by atoms with E-state index in [0.717, 1.165) is 22.9 Å². The molecule has 0 aliphatic heterocycles. The molecule has 4 heteroatoms. The lowest BCUT2D eigenvalue weighted by atomic mass is 10.1. The molecule has 0 fully saturated rings. The fourth-order valence-electron chi connectivity index (χ4n) is 1.02. The molecular weight excluding hydrogens is 178 g/mol. The molecule has 0 aromatic heterocycles. The Labute approximate surface area is 86.3 Å².